The maximum atomic E-state index is 13.4. The number of aryl methyl sites for hydroxylation is 1. The number of carbonyl (C=O) groups is 2. The van der Waals surface area contributed by atoms with Gasteiger partial charge in [-0.05, 0) is 67.8 Å². The van der Waals surface area contributed by atoms with Gasteiger partial charge < -0.3 is 14.6 Å². The Morgan fingerprint density at radius 2 is 1.57 bits per heavy atom. The Morgan fingerprint density at radius 3 is 2.26 bits per heavy atom. The van der Waals surface area contributed by atoms with Gasteiger partial charge in [-0.1, -0.05) is 42.5 Å². The number of carbonyl (C=O) groups excluding carboxylic acids is 2. The second-order valence-corrected chi connectivity index (χ2v) is 8.18. The van der Waals surface area contributed by atoms with Crippen LogP contribution in [0.1, 0.15) is 37.4 Å². The molecule has 0 radical (unpaired) electrons. The number of hydrogen-bond acceptors (Lipinski definition) is 5. The van der Waals surface area contributed by atoms with E-state index in [0.29, 0.717) is 42.4 Å². The third-order valence-electron chi connectivity index (χ3n) is 5.90. The maximum Gasteiger partial charge on any atom is 0.294 e. The van der Waals surface area contributed by atoms with E-state index in [1.165, 1.54) is 4.90 Å². The molecular formula is C29H29NO5. The van der Waals surface area contributed by atoms with Gasteiger partial charge in [0.1, 0.15) is 11.5 Å². The molecule has 35 heavy (non-hydrogen) atoms. The molecule has 6 heteroatoms. The zero-order valence-corrected chi connectivity index (χ0v) is 19.9. The van der Waals surface area contributed by atoms with Crippen LogP contribution in [0.3, 0.4) is 0 Å². The van der Waals surface area contributed by atoms with Crippen molar-refractivity contribution in [1.82, 2.24) is 0 Å². The highest BCUT2D eigenvalue weighted by Crippen LogP contribution is 2.42. The van der Waals surface area contributed by atoms with E-state index in [0.717, 1.165) is 5.56 Å². The van der Waals surface area contributed by atoms with E-state index >= 15 is 0 Å². The molecule has 0 bridgehead atoms. The van der Waals surface area contributed by atoms with Gasteiger partial charge in [0.2, 0.25) is 0 Å². The van der Waals surface area contributed by atoms with Gasteiger partial charge in [-0.3, -0.25) is 14.5 Å². The van der Waals surface area contributed by atoms with Crippen molar-refractivity contribution in [1.29, 1.82) is 0 Å². The predicted octanol–water partition coefficient (Wildman–Crippen LogP) is 5.59. The van der Waals surface area contributed by atoms with Crippen LogP contribution in [0.5, 0.6) is 11.5 Å². The molecule has 1 unspecified atom stereocenters. The monoisotopic (exact) mass is 471 g/mol. The van der Waals surface area contributed by atoms with Gasteiger partial charge in [0.15, 0.2) is 11.5 Å². The van der Waals surface area contributed by atoms with Crippen LogP contribution in [-0.4, -0.2) is 30.0 Å². The van der Waals surface area contributed by atoms with Crippen molar-refractivity contribution in [2.75, 3.05) is 18.1 Å². The van der Waals surface area contributed by atoms with Crippen molar-refractivity contribution < 1.29 is 24.2 Å². The lowest BCUT2D eigenvalue weighted by Gasteiger charge is -2.27. The number of aliphatic hydroxyl groups excluding tert-OH is 1. The van der Waals surface area contributed by atoms with E-state index in [2.05, 4.69) is 0 Å². The summed E-state index contributed by atoms with van der Waals surface area (Å²) >= 11 is 0. The van der Waals surface area contributed by atoms with Crippen molar-refractivity contribution >= 4 is 17.4 Å². The molecular weight excluding hydrogens is 442 g/mol. The Labute approximate surface area is 205 Å². The zero-order chi connectivity index (χ0) is 24.8. The minimum absolute atomic E-state index is 0.105. The lowest BCUT2D eigenvalue weighted by Crippen LogP contribution is -2.31. The number of aliphatic hydroxyl groups is 1. The summed E-state index contributed by atoms with van der Waals surface area (Å²) < 4.78 is 11.2. The summed E-state index contributed by atoms with van der Waals surface area (Å²) in [6.45, 7) is 4.80. The first kappa shape index (κ1) is 24.1. The molecule has 1 heterocycles. The Kier molecular flexibility index (Phi) is 7.51. The number of hydrogen-bond donors (Lipinski definition) is 1. The molecule has 0 spiro atoms. The van der Waals surface area contributed by atoms with Gasteiger partial charge in [0.05, 0.1) is 24.8 Å². The van der Waals surface area contributed by atoms with Crippen LogP contribution in [0.15, 0.2) is 90.2 Å². The second kappa shape index (κ2) is 10.9. The molecule has 0 fully saturated rings. The predicted molar refractivity (Wildman–Crippen MR) is 135 cm³/mol. The molecule has 0 aliphatic carbocycles. The fourth-order valence-corrected chi connectivity index (χ4v) is 4.32. The van der Waals surface area contributed by atoms with Crippen LogP contribution < -0.4 is 14.4 Å². The van der Waals surface area contributed by atoms with Crippen LogP contribution in [0.4, 0.5) is 5.69 Å². The van der Waals surface area contributed by atoms with Crippen LogP contribution in [0.2, 0.25) is 0 Å². The molecule has 1 amide bonds. The lowest BCUT2D eigenvalue weighted by atomic mass is 9.93. The van der Waals surface area contributed by atoms with E-state index < -0.39 is 17.7 Å². The standard InChI is InChI=1S/C29H29NO5/c1-3-34-23-16-14-22(15-17-23)30-27(21-11-8-12-24(19-21)35-4-2)26(28(32)29(30)33)25(31)18-13-20-9-6-5-7-10-20/h5-12,14-17,19,27,32H,3-4,13,18H2,1-2H3. The van der Waals surface area contributed by atoms with Gasteiger partial charge in [-0.15, -0.1) is 0 Å². The first-order valence-electron chi connectivity index (χ1n) is 11.8. The number of Topliss-reactive ketones (excluding diaryl/α,β-unsaturated/α-hetero) is 1. The molecule has 6 nitrogen and oxygen atoms in total. The minimum Gasteiger partial charge on any atom is -0.503 e. The molecule has 0 saturated heterocycles. The summed E-state index contributed by atoms with van der Waals surface area (Å²) in [5, 5.41) is 10.9. The Balaban J connectivity index is 1.72. The summed E-state index contributed by atoms with van der Waals surface area (Å²) in [5.74, 6) is -0.0755. The summed E-state index contributed by atoms with van der Waals surface area (Å²) in [6.07, 6.45) is 0.689. The Morgan fingerprint density at radius 1 is 0.886 bits per heavy atom. The lowest BCUT2D eigenvalue weighted by molar-refractivity contribution is -0.118. The number of amides is 1. The molecule has 0 saturated carbocycles. The average molecular weight is 472 g/mol. The van der Waals surface area contributed by atoms with Crippen molar-refractivity contribution in [3.05, 3.63) is 101 Å². The van der Waals surface area contributed by atoms with Crippen LogP contribution in [0.25, 0.3) is 0 Å². The highest BCUT2D eigenvalue weighted by Gasteiger charge is 2.44. The number of nitrogens with zero attached hydrogens (tertiary/aromatic N) is 1. The number of anilines is 1. The fourth-order valence-electron chi connectivity index (χ4n) is 4.32. The molecule has 1 N–H and O–H groups in total. The maximum absolute atomic E-state index is 13.4. The molecule has 1 atom stereocenters. The van der Waals surface area contributed by atoms with Gasteiger partial charge in [-0.2, -0.15) is 0 Å². The van der Waals surface area contributed by atoms with Crippen LogP contribution >= 0.6 is 0 Å². The van der Waals surface area contributed by atoms with Crippen LogP contribution in [0, 0.1) is 0 Å². The van der Waals surface area contributed by atoms with Crippen molar-refractivity contribution in [2.24, 2.45) is 0 Å². The zero-order valence-electron chi connectivity index (χ0n) is 19.9. The number of benzene rings is 3. The van der Waals surface area contributed by atoms with E-state index in [4.69, 9.17) is 9.47 Å². The molecule has 0 aromatic heterocycles. The van der Waals surface area contributed by atoms with Gasteiger partial charge in [0.25, 0.3) is 5.91 Å². The van der Waals surface area contributed by atoms with Crippen LogP contribution in [-0.2, 0) is 16.0 Å². The van der Waals surface area contributed by atoms with E-state index in [1.807, 2.05) is 68.4 Å². The molecule has 3 aromatic carbocycles. The third-order valence-corrected chi connectivity index (χ3v) is 5.90. The first-order chi connectivity index (χ1) is 17.0. The molecule has 1 aliphatic heterocycles. The average Bonchev–Trinajstić information content (AvgIpc) is 3.15. The Bertz CT molecular complexity index is 1220. The fraction of sp³-hybridized carbons (Fsp3) is 0.241. The normalized spacial score (nSPS) is 15.4. The summed E-state index contributed by atoms with van der Waals surface area (Å²) in [5.41, 5.74) is 2.37. The molecule has 4 rings (SSSR count). The van der Waals surface area contributed by atoms with Crippen molar-refractivity contribution in [3.8, 4) is 11.5 Å². The van der Waals surface area contributed by atoms with Gasteiger partial charge >= 0.3 is 0 Å². The SMILES string of the molecule is CCOc1ccc(N2C(=O)C(O)=C(C(=O)CCc3ccccc3)C2c2cccc(OCC)c2)cc1. The topological polar surface area (TPSA) is 76.1 Å². The smallest absolute Gasteiger partial charge is 0.294 e. The van der Waals surface area contributed by atoms with Gasteiger partial charge in [-0.25, -0.2) is 0 Å². The summed E-state index contributed by atoms with van der Waals surface area (Å²) in [4.78, 5) is 28.2. The number of ketones is 1. The highest BCUT2D eigenvalue weighted by molar-refractivity contribution is 6.16. The first-order valence-corrected chi connectivity index (χ1v) is 11.8. The third kappa shape index (κ3) is 5.22. The van der Waals surface area contributed by atoms with E-state index in [1.54, 1.807) is 24.3 Å². The quantitative estimate of drug-likeness (QED) is 0.417. The summed E-state index contributed by atoms with van der Waals surface area (Å²) in [7, 11) is 0. The molecule has 1 aliphatic rings. The van der Waals surface area contributed by atoms with Crippen molar-refractivity contribution in [3.63, 3.8) is 0 Å². The largest absolute Gasteiger partial charge is 0.503 e. The second-order valence-electron chi connectivity index (χ2n) is 8.18. The minimum atomic E-state index is -0.774. The number of rotatable bonds is 10. The van der Waals surface area contributed by atoms with Gasteiger partial charge in [0, 0.05) is 12.1 Å². The highest BCUT2D eigenvalue weighted by atomic mass is 16.5. The Hall–Kier alpha value is -4.06. The number of ether oxygens (including phenoxy) is 2. The molecule has 3 aromatic rings. The van der Waals surface area contributed by atoms with E-state index in [-0.39, 0.29) is 17.8 Å². The van der Waals surface area contributed by atoms with E-state index in [9.17, 15) is 14.7 Å². The summed E-state index contributed by atoms with van der Waals surface area (Å²) in [6, 6.07) is 23.3. The molecule has 180 valence electrons. The van der Waals surface area contributed by atoms with Crippen molar-refractivity contribution in [2.45, 2.75) is 32.7 Å².